The molecule has 5 nitrogen and oxygen atoms in total. The smallest absolute Gasteiger partial charge is 0.242 e. The third-order valence-electron chi connectivity index (χ3n) is 4.04. The van der Waals surface area contributed by atoms with Gasteiger partial charge < -0.3 is 10.6 Å². The van der Waals surface area contributed by atoms with E-state index in [1.807, 2.05) is 30.3 Å². The maximum Gasteiger partial charge on any atom is 0.242 e. The fourth-order valence-corrected chi connectivity index (χ4v) is 3.98. The van der Waals surface area contributed by atoms with Gasteiger partial charge in [-0.15, -0.1) is 11.3 Å². The standard InChI is InChI=1S/C17H15ClN4OS/c18-11-5-3-10(4-6-11)14-8-13-15(24-14)16(21-9-20-13)22-12-2-1-7-19-17(12)23/h3-6,8-9,12H,1-2,7H2,(H,19,23)(H,20,21,22). The number of nitrogens with zero attached hydrogens (tertiary/aromatic N) is 2. The first kappa shape index (κ1) is 15.4. The molecule has 7 heteroatoms. The molecule has 1 aromatic carbocycles. The maximum absolute atomic E-state index is 12.0. The number of aromatic nitrogens is 2. The lowest BCUT2D eigenvalue weighted by Gasteiger charge is -2.23. The van der Waals surface area contributed by atoms with Gasteiger partial charge in [0.25, 0.3) is 0 Å². The average molecular weight is 359 g/mol. The lowest BCUT2D eigenvalue weighted by Crippen LogP contribution is -2.44. The van der Waals surface area contributed by atoms with Gasteiger partial charge in [0, 0.05) is 16.4 Å². The lowest BCUT2D eigenvalue weighted by atomic mass is 10.1. The van der Waals surface area contributed by atoms with Crippen LogP contribution in [0, 0.1) is 0 Å². The molecule has 24 heavy (non-hydrogen) atoms. The Hall–Kier alpha value is -2.18. The van der Waals surface area contributed by atoms with Crippen LogP contribution in [0.25, 0.3) is 20.7 Å². The van der Waals surface area contributed by atoms with Crippen LogP contribution in [0.4, 0.5) is 5.82 Å². The Balaban J connectivity index is 1.69. The topological polar surface area (TPSA) is 66.9 Å². The van der Waals surface area contributed by atoms with E-state index in [4.69, 9.17) is 11.6 Å². The molecule has 0 saturated carbocycles. The number of halogens is 1. The average Bonchev–Trinajstić information content (AvgIpc) is 3.03. The number of benzene rings is 1. The molecule has 1 amide bonds. The summed E-state index contributed by atoms with van der Waals surface area (Å²) >= 11 is 7.57. The zero-order chi connectivity index (χ0) is 16.5. The first-order valence-corrected chi connectivity index (χ1v) is 8.95. The summed E-state index contributed by atoms with van der Waals surface area (Å²) in [5.74, 6) is 0.745. The van der Waals surface area contributed by atoms with Crippen molar-refractivity contribution >= 4 is 44.9 Å². The fourth-order valence-electron chi connectivity index (χ4n) is 2.79. The van der Waals surface area contributed by atoms with E-state index < -0.39 is 0 Å². The molecule has 122 valence electrons. The van der Waals surface area contributed by atoms with E-state index in [1.54, 1.807) is 11.3 Å². The van der Waals surface area contributed by atoms with E-state index in [0.717, 1.165) is 40.0 Å². The molecule has 0 aliphatic carbocycles. The molecule has 1 unspecified atom stereocenters. The van der Waals surface area contributed by atoms with Crippen molar-refractivity contribution in [3.05, 3.63) is 41.7 Å². The molecule has 1 aliphatic heterocycles. The van der Waals surface area contributed by atoms with E-state index in [2.05, 4.69) is 20.6 Å². The van der Waals surface area contributed by atoms with Crippen molar-refractivity contribution in [3.8, 4) is 10.4 Å². The second-order valence-electron chi connectivity index (χ2n) is 5.68. The Bertz CT molecular complexity index is 893. The minimum Gasteiger partial charge on any atom is -0.357 e. The molecular formula is C17H15ClN4OS. The van der Waals surface area contributed by atoms with Crippen molar-refractivity contribution in [2.45, 2.75) is 18.9 Å². The summed E-state index contributed by atoms with van der Waals surface area (Å²) in [6.45, 7) is 0.746. The largest absolute Gasteiger partial charge is 0.357 e. The van der Waals surface area contributed by atoms with Gasteiger partial charge in [0.05, 0.1) is 10.2 Å². The molecule has 0 bridgehead atoms. The molecule has 3 aromatic rings. The number of rotatable bonds is 3. The highest BCUT2D eigenvalue weighted by atomic mass is 35.5. The number of carbonyl (C=O) groups excluding carboxylic acids is 1. The highest BCUT2D eigenvalue weighted by Crippen LogP contribution is 2.36. The van der Waals surface area contributed by atoms with E-state index in [9.17, 15) is 4.79 Å². The number of hydrogen-bond donors (Lipinski definition) is 2. The van der Waals surface area contributed by atoms with Gasteiger partial charge >= 0.3 is 0 Å². The molecule has 2 aromatic heterocycles. The molecule has 0 radical (unpaired) electrons. The highest BCUT2D eigenvalue weighted by molar-refractivity contribution is 7.22. The molecule has 1 fully saturated rings. The minimum absolute atomic E-state index is 0.0301. The number of carbonyl (C=O) groups is 1. The van der Waals surface area contributed by atoms with Gasteiger partial charge in [0.1, 0.15) is 18.2 Å². The van der Waals surface area contributed by atoms with Gasteiger partial charge in [-0.1, -0.05) is 23.7 Å². The number of thiophene rings is 1. The van der Waals surface area contributed by atoms with E-state index >= 15 is 0 Å². The van der Waals surface area contributed by atoms with Crippen LogP contribution in [0.5, 0.6) is 0 Å². The quantitative estimate of drug-likeness (QED) is 0.749. The fraction of sp³-hybridized carbons (Fsp3) is 0.235. The summed E-state index contributed by atoms with van der Waals surface area (Å²) in [5.41, 5.74) is 1.96. The Labute approximate surface area is 148 Å². The van der Waals surface area contributed by atoms with Crippen LogP contribution in [-0.2, 0) is 4.79 Å². The van der Waals surface area contributed by atoms with Crippen molar-refractivity contribution in [3.63, 3.8) is 0 Å². The number of anilines is 1. The van der Waals surface area contributed by atoms with Crippen molar-refractivity contribution < 1.29 is 4.79 Å². The highest BCUT2D eigenvalue weighted by Gasteiger charge is 2.23. The van der Waals surface area contributed by atoms with Gasteiger partial charge in [0.15, 0.2) is 0 Å². The number of fused-ring (bicyclic) bond motifs is 1. The first-order valence-electron chi connectivity index (χ1n) is 7.75. The van der Waals surface area contributed by atoms with Crippen molar-refractivity contribution in [2.75, 3.05) is 11.9 Å². The van der Waals surface area contributed by atoms with Gasteiger partial charge in [-0.05, 0) is 36.6 Å². The molecule has 4 rings (SSSR count). The first-order chi connectivity index (χ1) is 11.7. The molecule has 0 spiro atoms. The molecule has 1 saturated heterocycles. The zero-order valence-corrected chi connectivity index (χ0v) is 14.3. The number of hydrogen-bond acceptors (Lipinski definition) is 5. The van der Waals surface area contributed by atoms with Crippen LogP contribution in [0.2, 0.25) is 5.02 Å². The summed E-state index contributed by atoms with van der Waals surface area (Å²) in [4.78, 5) is 21.8. The summed E-state index contributed by atoms with van der Waals surface area (Å²) in [6, 6.07) is 9.52. The predicted octanol–water partition coefficient (Wildman–Crippen LogP) is 3.70. The summed E-state index contributed by atoms with van der Waals surface area (Å²) < 4.78 is 0.959. The molecule has 1 aliphatic rings. The number of amides is 1. The van der Waals surface area contributed by atoms with Gasteiger partial charge in [-0.25, -0.2) is 9.97 Å². The number of nitrogens with one attached hydrogen (secondary N) is 2. The summed E-state index contributed by atoms with van der Waals surface area (Å²) in [7, 11) is 0. The molecule has 1 atom stereocenters. The summed E-state index contributed by atoms with van der Waals surface area (Å²) in [5, 5.41) is 6.87. The Morgan fingerprint density at radius 3 is 2.88 bits per heavy atom. The second-order valence-corrected chi connectivity index (χ2v) is 7.17. The Kier molecular flexibility index (Phi) is 4.08. The molecule has 3 heterocycles. The maximum atomic E-state index is 12.0. The Morgan fingerprint density at radius 1 is 1.25 bits per heavy atom. The Morgan fingerprint density at radius 2 is 2.08 bits per heavy atom. The van der Waals surface area contributed by atoms with Crippen LogP contribution >= 0.6 is 22.9 Å². The van der Waals surface area contributed by atoms with Crippen LogP contribution in [0.15, 0.2) is 36.7 Å². The molecule has 2 N–H and O–H groups in total. The third-order valence-corrected chi connectivity index (χ3v) is 5.47. The second kappa shape index (κ2) is 6.37. The van der Waals surface area contributed by atoms with E-state index in [0.29, 0.717) is 10.8 Å². The minimum atomic E-state index is -0.238. The van der Waals surface area contributed by atoms with Gasteiger partial charge in [0.2, 0.25) is 5.91 Å². The SMILES string of the molecule is O=C1NCCCC1Nc1ncnc2cc(-c3ccc(Cl)cc3)sc12. The van der Waals surface area contributed by atoms with Gasteiger partial charge in [-0.2, -0.15) is 0 Å². The van der Waals surface area contributed by atoms with Gasteiger partial charge in [-0.3, -0.25) is 4.79 Å². The van der Waals surface area contributed by atoms with Crippen LogP contribution in [0.3, 0.4) is 0 Å². The molecular weight excluding hydrogens is 344 g/mol. The third kappa shape index (κ3) is 2.95. The van der Waals surface area contributed by atoms with Crippen molar-refractivity contribution in [2.24, 2.45) is 0 Å². The zero-order valence-electron chi connectivity index (χ0n) is 12.8. The monoisotopic (exact) mass is 358 g/mol. The normalized spacial score (nSPS) is 17.7. The lowest BCUT2D eigenvalue weighted by molar-refractivity contribution is -0.123. The van der Waals surface area contributed by atoms with E-state index in [1.165, 1.54) is 6.33 Å². The van der Waals surface area contributed by atoms with Crippen molar-refractivity contribution in [1.82, 2.24) is 15.3 Å². The summed E-state index contributed by atoms with van der Waals surface area (Å²) in [6.07, 6.45) is 3.31. The predicted molar refractivity (Wildman–Crippen MR) is 97.5 cm³/mol. The van der Waals surface area contributed by atoms with E-state index in [-0.39, 0.29) is 11.9 Å². The van der Waals surface area contributed by atoms with Crippen LogP contribution in [-0.4, -0.2) is 28.5 Å². The van der Waals surface area contributed by atoms with Crippen LogP contribution in [0.1, 0.15) is 12.8 Å². The van der Waals surface area contributed by atoms with Crippen LogP contribution < -0.4 is 10.6 Å². The van der Waals surface area contributed by atoms with Crippen molar-refractivity contribution in [1.29, 1.82) is 0 Å². The number of piperidine rings is 1.